The Bertz CT molecular complexity index is 1140. The van der Waals surface area contributed by atoms with E-state index in [0.29, 0.717) is 28.6 Å². The lowest BCUT2D eigenvalue weighted by molar-refractivity contribution is -0.137. The van der Waals surface area contributed by atoms with Crippen LogP contribution in [0.15, 0.2) is 54.9 Å². The van der Waals surface area contributed by atoms with Crippen molar-refractivity contribution in [1.29, 1.82) is 0 Å². The zero-order chi connectivity index (χ0) is 19.7. The van der Waals surface area contributed by atoms with Crippen LogP contribution in [0.4, 0.5) is 29.1 Å². The normalized spacial score (nSPS) is 11.6. The summed E-state index contributed by atoms with van der Waals surface area (Å²) in [6, 6.07) is 8.95. The van der Waals surface area contributed by atoms with Gasteiger partial charge in [0, 0.05) is 30.2 Å². The van der Waals surface area contributed by atoms with Crippen LogP contribution in [-0.4, -0.2) is 20.2 Å². The van der Waals surface area contributed by atoms with Crippen molar-refractivity contribution in [2.24, 2.45) is 0 Å². The number of nitrogens with zero attached hydrogens (tertiary/aromatic N) is 3. The van der Waals surface area contributed by atoms with Crippen molar-refractivity contribution < 1.29 is 22.3 Å². The molecule has 0 saturated carbocycles. The summed E-state index contributed by atoms with van der Waals surface area (Å²) in [6.45, 7) is 0. The summed E-state index contributed by atoms with van der Waals surface area (Å²) in [5.74, 6) is -1.00. The van der Waals surface area contributed by atoms with Crippen LogP contribution in [0, 0.1) is 5.82 Å². The van der Waals surface area contributed by atoms with Gasteiger partial charge in [0.15, 0.2) is 17.4 Å². The van der Waals surface area contributed by atoms with E-state index in [4.69, 9.17) is 4.74 Å². The number of aromatic nitrogens is 4. The molecular formula is C18H11F4N5O. The van der Waals surface area contributed by atoms with E-state index in [1.807, 2.05) is 0 Å². The first-order valence-corrected chi connectivity index (χ1v) is 7.97. The molecule has 0 fully saturated rings. The monoisotopic (exact) mass is 389 g/mol. The number of alkyl halides is 3. The van der Waals surface area contributed by atoms with Crippen molar-refractivity contribution in [3.8, 4) is 11.6 Å². The molecule has 6 nitrogen and oxygen atoms in total. The van der Waals surface area contributed by atoms with Gasteiger partial charge in [-0.15, -0.1) is 0 Å². The number of hydrogen-bond donors (Lipinski definition) is 2. The standard InChI is InChI=1S/C18H11F4N5O/c19-12-9-11(25-17-16-13(26-27-17)2-1-6-24-16)3-4-14(12)28-15-8-10(5-7-23-15)18(20,21)22/h1-9H,(H2,25,26,27). The molecule has 142 valence electrons. The highest BCUT2D eigenvalue weighted by atomic mass is 19.4. The Morgan fingerprint density at radius 2 is 1.86 bits per heavy atom. The number of nitrogens with one attached hydrogen (secondary N) is 2. The molecule has 2 N–H and O–H groups in total. The molecule has 0 saturated heterocycles. The first kappa shape index (κ1) is 17.7. The maximum atomic E-state index is 14.4. The minimum Gasteiger partial charge on any atom is -0.436 e. The number of hydrogen-bond acceptors (Lipinski definition) is 5. The molecule has 0 bridgehead atoms. The zero-order valence-electron chi connectivity index (χ0n) is 14.0. The Morgan fingerprint density at radius 1 is 1.00 bits per heavy atom. The molecule has 10 heteroatoms. The second kappa shape index (κ2) is 6.80. The number of benzene rings is 1. The van der Waals surface area contributed by atoms with Gasteiger partial charge in [-0.05, 0) is 30.3 Å². The first-order valence-electron chi connectivity index (χ1n) is 7.97. The van der Waals surface area contributed by atoms with Crippen molar-refractivity contribution in [3.63, 3.8) is 0 Å². The predicted molar refractivity (Wildman–Crippen MR) is 92.9 cm³/mol. The van der Waals surface area contributed by atoms with Crippen LogP contribution in [-0.2, 0) is 6.18 Å². The molecule has 3 heterocycles. The summed E-state index contributed by atoms with van der Waals surface area (Å²) < 4.78 is 57.8. The summed E-state index contributed by atoms with van der Waals surface area (Å²) >= 11 is 0. The molecule has 28 heavy (non-hydrogen) atoms. The fourth-order valence-corrected chi connectivity index (χ4v) is 2.49. The summed E-state index contributed by atoms with van der Waals surface area (Å²) in [5.41, 5.74) is 0.715. The minimum atomic E-state index is -4.55. The summed E-state index contributed by atoms with van der Waals surface area (Å²) in [5, 5.41) is 9.79. The van der Waals surface area contributed by atoms with Crippen molar-refractivity contribution in [1.82, 2.24) is 20.2 Å². The molecule has 0 amide bonds. The molecule has 0 radical (unpaired) electrons. The summed E-state index contributed by atoms with van der Waals surface area (Å²) in [7, 11) is 0. The van der Waals surface area contributed by atoms with Gasteiger partial charge in [-0.3, -0.25) is 10.1 Å². The van der Waals surface area contributed by atoms with Crippen LogP contribution in [0.3, 0.4) is 0 Å². The average Bonchev–Trinajstić information content (AvgIpc) is 3.07. The highest BCUT2D eigenvalue weighted by Crippen LogP contribution is 2.33. The van der Waals surface area contributed by atoms with E-state index in [-0.39, 0.29) is 11.6 Å². The molecular weight excluding hydrogens is 378 g/mol. The van der Waals surface area contributed by atoms with Crippen molar-refractivity contribution in [2.45, 2.75) is 6.18 Å². The Labute approximate surface area is 155 Å². The number of fused-ring (bicyclic) bond motifs is 1. The van der Waals surface area contributed by atoms with Crippen molar-refractivity contribution in [3.05, 3.63) is 66.2 Å². The fourth-order valence-electron chi connectivity index (χ4n) is 2.49. The lowest BCUT2D eigenvalue weighted by atomic mass is 10.2. The van der Waals surface area contributed by atoms with Crippen LogP contribution >= 0.6 is 0 Å². The van der Waals surface area contributed by atoms with Gasteiger partial charge in [0.05, 0.1) is 11.1 Å². The van der Waals surface area contributed by atoms with Gasteiger partial charge in [0.25, 0.3) is 0 Å². The Kier molecular flexibility index (Phi) is 4.30. The van der Waals surface area contributed by atoms with Gasteiger partial charge in [0.1, 0.15) is 5.52 Å². The lowest BCUT2D eigenvalue weighted by Crippen LogP contribution is -2.05. The van der Waals surface area contributed by atoms with Gasteiger partial charge in [-0.2, -0.15) is 18.3 Å². The fraction of sp³-hybridized carbons (Fsp3) is 0.0556. The summed E-state index contributed by atoms with van der Waals surface area (Å²) in [6.07, 6.45) is -2.00. The SMILES string of the molecule is Fc1cc(Nc2n[nH]c3cccnc23)ccc1Oc1cc(C(F)(F)F)ccn1. The number of pyridine rings is 2. The molecule has 0 aliphatic carbocycles. The number of ether oxygens (including phenoxy) is 1. The zero-order valence-corrected chi connectivity index (χ0v) is 14.0. The highest BCUT2D eigenvalue weighted by molar-refractivity contribution is 5.87. The molecule has 1 aromatic carbocycles. The van der Waals surface area contributed by atoms with Crippen LogP contribution < -0.4 is 10.1 Å². The minimum absolute atomic E-state index is 0.262. The third-order valence-corrected chi connectivity index (χ3v) is 3.79. The van der Waals surface area contributed by atoms with E-state index in [2.05, 4.69) is 25.5 Å². The lowest BCUT2D eigenvalue weighted by Gasteiger charge is -2.10. The number of halogens is 4. The predicted octanol–water partition coefficient (Wildman–Crippen LogP) is 5.05. The van der Waals surface area contributed by atoms with Crippen molar-refractivity contribution in [2.75, 3.05) is 5.32 Å². The molecule has 0 unspecified atom stereocenters. The Morgan fingerprint density at radius 3 is 2.64 bits per heavy atom. The van der Waals surface area contributed by atoms with Crippen molar-refractivity contribution >= 4 is 22.5 Å². The van der Waals surface area contributed by atoms with Gasteiger partial charge < -0.3 is 10.1 Å². The Balaban J connectivity index is 1.55. The second-order valence-corrected chi connectivity index (χ2v) is 5.72. The van der Waals surface area contributed by atoms with Gasteiger partial charge in [-0.25, -0.2) is 9.37 Å². The molecule has 0 aliphatic heterocycles. The number of rotatable bonds is 4. The highest BCUT2D eigenvalue weighted by Gasteiger charge is 2.31. The molecule has 0 spiro atoms. The van der Waals surface area contributed by atoms with Gasteiger partial charge >= 0.3 is 6.18 Å². The molecule has 0 aliphatic rings. The number of anilines is 2. The largest absolute Gasteiger partial charge is 0.436 e. The molecule has 4 aromatic rings. The van der Waals surface area contributed by atoms with E-state index >= 15 is 0 Å². The van der Waals surface area contributed by atoms with E-state index in [1.165, 1.54) is 12.1 Å². The number of aromatic amines is 1. The maximum absolute atomic E-state index is 14.4. The van der Waals surface area contributed by atoms with Crippen LogP contribution in [0.25, 0.3) is 11.0 Å². The first-order chi connectivity index (χ1) is 13.4. The number of H-pyrrole nitrogens is 1. The van der Waals surface area contributed by atoms with Crippen LogP contribution in [0.2, 0.25) is 0 Å². The third kappa shape index (κ3) is 3.56. The topological polar surface area (TPSA) is 75.7 Å². The van der Waals surface area contributed by atoms with Gasteiger partial charge in [-0.1, -0.05) is 0 Å². The third-order valence-electron chi connectivity index (χ3n) is 3.79. The van der Waals surface area contributed by atoms with E-state index in [1.54, 1.807) is 18.3 Å². The maximum Gasteiger partial charge on any atom is 0.416 e. The smallest absolute Gasteiger partial charge is 0.416 e. The van der Waals surface area contributed by atoms with E-state index < -0.39 is 17.6 Å². The quantitative estimate of drug-likeness (QED) is 0.478. The van der Waals surface area contributed by atoms with Crippen LogP contribution in [0.5, 0.6) is 11.6 Å². The molecule has 4 rings (SSSR count). The average molecular weight is 389 g/mol. The van der Waals surface area contributed by atoms with E-state index in [0.717, 1.165) is 18.3 Å². The Hall–Kier alpha value is -3.69. The van der Waals surface area contributed by atoms with Crippen LogP contribution in [0.1, 0.15) is 5.56 Å². The molecule has 0 atom stereocenters. The second-order valence-electron chi connectivity index (χ2n) is 5.72. The summed E-state index contributed by atoms with van der Waals surface area (Å²) in [4.78, 5) is 7.87. The van der Waals surface area contributed by atoms with Gasteiger partial charge in [0.2, 0.25) is 5.88 Å². The van der Waals surface area contributed by atoms with E-state index in [9.17, 15) is 17.6 Å². The molecule has 3 aromatic heterocycles.